The molecule has 0 unspecified atom stereocenters. The zero-order chi connectivity index (χ0) is 24.2. The molecule has 178 valence electrons. The summed E-state index contributed by atoms with van der Waals surface area (Å²) < 4.78 is 1.44. The molecule has 1 fully saturated rings. The van der Waals surface area contributed by atoms with Gasteiger partial charge in [-0.3, -0.25) is 20.0 Å². The van der Waals surface area contributed by atoms with Gasteiger partial charge in [0.1, 0.15) is 5.69 Å². The van der Waals surface area contributed by atoms with Gasteiger partial charge in [-0.15, -0.1) is 0 Å². The number of amides is 1. The smallest absolute Gasteiger partial charge is 0.331 e. The van der Waals surface area contributed by atoms with E-state index in [-0.39, 0.29) is 17.6 Å². The maximum Gasteiger partial charge on any atom is 0.331 e. The Labute approximate surface area is 202 Å². The first-order chi connectivity index (χ1) is 17.2. The maximum atomic E-state index is 14.0. The zero-order valence-electron chi connectivity index (χ0n) is 19.1. The number of aromatic amines is 1. The number of anilines is 1. The highest BCUT2D eigenvalue weighted by molar-refractivity contribution is 5.99. The van der Waals surface area contributed by atoms with Crippen LogP contribution in [0.25, 0.3) is 16.9 Å². The Bertz CT molecular complexity index is 1360. The summed E-state index contributed by atoms with van der Waals surface area (Å²) >= 11 is 0. The number of carbonyl (C=O) groups is 1. The topological polar surface area (TPSA) is 102 Å². The Morgan fingerprint density at radius 3 is 2.40 bits per heavy atom. The Morgan fingerprint density at radius 1 is 0.971 bits per heavy atom. The molecule has 2 heterocycles. The molecule has 0 bridgehead atoms. The van der Waals surface area contributed by atoms with Crippen LogP contribution in [0.2, 0.25) is 0 Å². The van der Waals surface area contributed by atoms with Crippen molar-refractivity contribution in [2.24, 2.45) is 0 Å². The number of rotatable bonds is 6. The molecule has 4 aromatic rings. The van der Waals surface area contributed by atoms with Crippen molar-refractivity contribution in [2.75, 3.05) is 25.1 Å². The molecule has 8 nitrogen and oxygen atoms in total. The van der Waals surface area contributed by atoms with Gasteiger partial charge in [0.2, 0.25) is 0 Å². The summed E-state index contributed by atoms with van der Waals surface area (Å²) in [7, 11) is 0. The highest BCUT2D eigenvalue weighted by Gasteiger charge is 2.32. The number of benzene rings is 3. The number of carbonyl (C=O) groups excluding carboxylic acids is 1. The van der Waals surface area contributed by atoms with E-state index in [0.717, 1.165) is 11.1 Å². The van der Waals surface area contributed by atoms with E-state index in [1.54, 1.807) is 24.3 Å². The fourth-order valence-electron chi connectivity index (χ4n) is 4.69. The van der Waals surface area contributed by atoms with E-state index < -0.39 is 5.69 Å². The first-order valence-electron chi connectivity index (χ1n) is 11.6. The van der Waals surface area contributed by atoms with Crippen LogP contribution in [0.4, 0.5) is 5.69 Å². The maximum absolute atomic E-state index is 14.0. The molecule has 1 atom stereocenters. The van der Waals surface area contributed by atoms with Crippen LogP contribution < -0.4 is 16.5 Å². The minimum absolute atomic E-state index is 0.0551. The molecule has 1 aliphatic rings. The van der Waals surface area contributed by atoms with Gasteiger partial charge in [0.05, 0.1) is 17.1 Å². The first-order valence-corrected chi connectivity index (χ1v) is 11.6. The van der Waals surface area contributed by atoms with Gasteiger partial charge in [0, 0.05) is 31.2 Å². The molecule has 0 spiro atoms. The second kappa shape index (κ2) is 10.0. The number of para-hydroxylation sites is 2. The van der Waals surface area contributed by atoms with Crippen molar-refractivity contribution in [3.05, 3.63) is 107 Å². The van der Waals surface area contributed by atoms with Crippen molar-refractivity contribution in [1.82, 2.24) is 19.8 Å². The van der Waals surface area contributed by atoms with Crippen LogP contribution >= 0.6 is 0 Å². The lowest BCUT2D eigenvalue weighted by Gasteiger charge is -2.36. The minimum Gasteiger partial charge on any atom is -0.331 e. The predicted octanol–water partition coefficient (Wildman–Crippen LogP) is 3.29. The average molecular weight is 470 g/mol. The monoisotopic (exact) mass is 469 g/mol. The van der Waals surface area contributed by atoms with E-state index in [1.807, 2.05) is 53.4 Å². The largest absolute Gasteiger partial charge is 0.331 e. The predicted molar refractivity (Wildman–Crippen MR) is 135 cm³/mol. The van der Waals surface area contributed by atoms with Crippen LogP contribution in [0.3, 0.4) is 0 Å². The summed E-state index contributed by atoms with van der Waals surface area (Å²) in [4.78, 5) is 32.0. The standard InChI is InChI=1S/C27H27N5O3/c33-26(31-16-15-28-18-21(31)17-19-9-3-1-4-10-19)24-25(20-11-5-2-6-12-20)32(27(34)29-24)23-14-8-7-13-22(23)30-35/h1-14,21,28,30,35H,15-18H2,(H,29,34)/t21-/m1/s1. The third-order valence-electron chi connectivity index (χ3n) is 6.35. The summed E-state index contributed by atoms with van der Waals surface area (Å²) in [5.74, 6) is -0.225. The van der Waals surface area contributed by atoms with Gasteiger partial charge in [0.15, 0.2) is 0 Å². The molecule has 4 N–H and O–H groups in total. The number of piperazine rings is 1. The Morgan fingerprint density at radius 2 is 1.66 bits per heavy atom. The van der Waals surface area contributed by atoms with Crippen molar-refractivity contribution in [3.8, 4) is 16.9 Å². The van der Waals surface area contributed by atoms with Crippen LogP contribution in [0.1, 0.15) is 16.1 Å². The third-order valence-corrected chi connectivity index (χ3v) is 6.35. The molecule has 3 aromatic carbocycles. The lowest BCUT2D eigenvalue weighted by Crippen LogP contribution is -2.54. The number of nitrogens with zero attached hydrogens (tertiary/aromatic N) is 2. The molecule has 8 heteroatoms. The van der Waals surface area contributed by atoms with Crippen molar-refractivity contribution in [2.45, 2.75) is 12.5 Å². The molecule has 0 aliphatic carbocycles. The van der Waals surface area contributed by atoms with Crippen LogP contribution in [0.5, 0.6) is 0 Å². The Kier molecular flexibility index (Phi) is 6.47. The zero-order valence-corrected chi connectivity index (χ0v) is 19.1. The highest BCUT2D eigenvalue weighted by Crippen LogP contribution is 2.29. The molecule has 1 amide bonds. The van der Waals surface area contributed by atoms with Crippen LogP contribution in [0.15, 0.2) is 89.7 Å². The highest BCUT2D eigenvalue weighted by atomic mass is 16.5. The molecule has 35 heavy (non-hydrogen) atoms. The van der Waals surface area contributed by atoms with E-state index >= 15 is 0 Å². The molecule has 0 saturated carbocycles. The Hall–Kier alpha value is -4.14. The van der Waals surface area contributed by atoms with Gasteiger partial charge < -0.3 is 15.2 Å². The normalized spacial score (nSPS) is 15.7. The van der Waals surface area contributed by atoms with Gasteiger partial charge in [-0.2, -0.15) is 0 Å². The van der Waals surface area contributed by atoms with Crippen molar-refractivity contribution < 1.29 is 10.0 Å². The quantitative estimate of drug-likeness (QED) is 0.325. The third kappa shape index (κ3) is 4.49. The second-order valence-corrected chi connectivity index (χ2v) is 8.53. The van der Waals surface area contributed by atoms with Crippen molar-refractivity contribution in [1.29, 1.82) is 0 Å². The van der Waals surface area contributed by atoms with Crippen LogP contribution in [-0.4, -0.2) is 51.2 Å². The molecular weight excluding hydrogens is 442 g/mol. The SMILES string of the molecule is O=C(c1[nH]c(=O)n(-c2ccccc2NO)c1-c1ccccc1)N1CCNC[C@H]1Cc1ccccc1. The fourth-order valence-corrected chi connectivity index (χ4v) is 4.69. The van der Waals surface area contributed by atoms with E-state index in [0.29, 0.717) is 43.1 Å². The molecule has 1 saturated heterocycles. The van der Waals surface area contributed by atoms with E-state index in [1.165, 1.54) is 4.57 Å². The molecular formula is C27H27N5O3. The molecule has 1 aromatic heterocycles. The minimum atomic E-state index is -0.454. The van der Waals surface area contributed by atoms with Gasteiger partial charge in [-0.05, 0) is 24.1 Å². The van der Waals surface area contributed by atoms with Crippen LogP contribution in [0, 0.1) is 0 Å². The number of aromatic nitrogens is 2. The number of hydrogen-bond donors (Lipinski definition) is 4. The average Bonchev–Trinajstić information content (AvgIpc) is 3.26. The van der Waals surface area contributed by atoms with E-state index in [4.69, 9.17) is 0 Å². The fraction of sp³-hybridized carbons (Fsp3) is 0.185. The second-order valence-electron chi connectivity index (χ2n) is 8.53. The summed E-state index contributed by atoms with van der Waals surface area (Å²) in [5, 5.41) is 13.1. The number of hydrogen-bond acceptors (Lipinski definition) is 5. The summed E-state index contributed by atoms with van der Waals surface area (Å²) in [6.07, 6.45) is 0.711. The van der Waals surface area contributed by atoms with Gasteiger partial charge in [-0.1, -0.05) is 72.8 Å². The van der Waals surface area contributed by atoms with Crippen molar-refractivity contribution in [3.63, 3.8) is 0 Å². The van der Waals surface area contributed by atoms with E-state index in [2.05, 4.69) is 27.9 Å². The van der Waals surface area contributed by atoms with Gasteiger partial charge in [-0.25, -0.2) is 4.79 Å². The lowest BCUT2D eigenvalue weighted by atomic mass is 10.0. The number of imidazole rings is 1. The summed E-state index contributed by atoms with van der Waals surface area (Å²) in [6, 6.07) is 26.3. The summed E-state index contributed by atoms with van der Waals surface area (Å²) in [5.41, 5.74) is 5.06. The number of H-pyrrole nitrogens is 1. The summed E-state index contributed by atoms with van der Waals surface area (Å²) in [6.45, 7) is 1.88. The van der Waals surface area contributed by atoms with Crippen molar-refractivity contribution >= 4 is 11.6 Å². The van der Waals surface area contributed by atoms with Gasteiger partial charge in [0.25, 0.3) is 5.91 Å². The van der Waals surface area contributed by atoms with Gasteiger partial charge >= 0.3 is 5.69 Å². The molecule has 5 rings (SSSR count). The number of nitrogens with one attached hydrogen (secondary N) is 3. The van der Waals surface area contributed by atoms with Crippen LogP contribution in [-0.2, 0) is 6.42 Å². The molecule has 1 aliphatic heterocycles. The first kappa shape index (κ1) is 22.6. The molecule has 0 radical (unpaired) electrons. The van der Waals surface area contributed by atoms with E-state index in [9.17, 15) is 14.8 Å². The Balaban J connectivity index is 1.61. The lowest BCUT2D eigenvalue weighted by molar-refractivity contribution is 0.0631.